The fourth-order valence-electron chi connectivity index (χ4n) is 4.70. The minimum atomic E-state index is -0.638. The predicted molar refractivity (Wildman–Crippen MR) is 123 cm³/mol. The first-order valence-electron chi connectivity index (χ1n) is 11.8. The number of aromatic nitrogens is 3. The standard InChI is InChI=1S/C23H31ClN4O6/c1-23(2,3)21(30)28-6-4-12(5-7-28)9-33-20-13(24)8-14-19(26-20)27-22(25-14)34-16-11-32-17-15(29)10-31-18(16)17/h8,12,15-18,29H,4-7,9-11H2,1-3H3,(H,25,26,27)/t15-,16-,17?,18-/m1/s1. The Kier molecular flexibility index (Phi) is 6.34. The lowest BCUT2D eigenvalue weighted by Gasteiger charge is -2.35. The van der Waals surface area contributed by atoms with Crippen LogP contribution in [0.5, 0.6) is 11.9 Å². The van der Waals surface area contributed by atoms with Crippen molar-refractivity contribution in [1.29, 1.82) is 0 Å². The number of halogens is 1. The summed E-state index contributed by atoms with van der Waals surface area (Å²) in [5, 5.41) is 10.3. The minimum Gasteiger partial charge on any atom is -0.476 e. The summed E-state index contributed by atoms with van der Waals surface area (Å²) in [6.07, 6.45) is 0.0457. The number of H-pyrrole nitrogens is 1. The van der Waals surface area contributed by atoms with Crippen molar-refractivity contribution < 1.29 is 28.8 Å². The second kappa shape index (κ2) is 9.14. The number of imidazole rings is 1. The van der Waals surface area contributed by atoms with Crippen molar-refractivity contribution in [2.75, 3.05) is 32.9 Å². The molecule has 0 radical (unpaired) electrons. The van der Waals surface area contributed by atoms with Crippen LogP contribution in [-0.4, -0.2) is 88.2 Å². The SMILES string of the molecule is CC(C)(C)C(=O)N1CCC(COc2nc3nc(O[C@@H]4COC5[C@H](O)CO[C@@H]54)[nH]c3cc2Cl)CC1. The van der Waals surface area contributed by atoms with E-state index in [1.54, 1.807) is 6.07 Å². The fourth-order valence-corrected chi connectivity index (χ4v) is 4.90. The molecule has 2 aromatic heterocycles. The van der Waals surface area contributed by atoms with Gasteiger partial charge in [-0.1, -0.05) is 32.4 Å². The Morgan fingerprint density at radius 1 is 1.24 bits per heavy atom. The molecule has 1 amide bonds. The van der Waals surface area contributed by atoms with Gasteiger partial charge in [-0.05, 0) is 24.8 Å². The highest BCUT2D eigenvalue weighted by molar-refractivity contribution is 6.32. The van der Waals surface area contributed by atoms with Gasteiger partial charge in [-0.2, -0.15) is 9.97 Å². The Hall–Kier alpha value is -2.14. The van der Waals surface area contributed by atoms with Crippen LogP contribution in [0.3, 0.4) is 0 Å². The molecule has 5 heterocycles. The molecule has 3 aliphatic heterocycles. The normalized spacial score (nSPS) is 27.9. The van der Waals surface area contributed by atoms with Crippen LogP contribution >= 0.6 is 11.6 Å². The minimum absolute atomic E-state index is 0.189. The first kappa shape index (κ1) is 23.6. The van der Waals surface area contributed by atoms with E-state index >= 15 is 0 Å². The molecule has 0 spiro atoms. The van der Waals surface area contributed by atoms with Gasteiger partial charge in [0.2, 0.25) is 11.8 Å². The second-order valence-electron chi connectivity index (χ2n) is 10.3. The van der Waals surface area contributed by atoms with Gasteiger partial charge >= 0.3 is 0 Å². The van der Waals surface area contributed by atoms with E-state index in [-0.39, 0.29) is 42.3 Å². The van der Waals surface area contributed by atoms with Crippen molar-refractivity contribution in [2.45, 2.75) is 58.0 Å². The molecule has 5 rings (SSSR count). The molecule has 0 aliphatic carbocycles. The summed E-state index contributed by atoms with van der Waals surface area (Å²) < 4.78 is 23.1. The smallest absolute Gasteiger partial charge is 0.296 e. The summed E-state index contributed by atoms with van der Waals surface area (Å²) in [5.41, 5.74) is 0.701. The maximum absolute atomic E-state index is 12.5. The lowest BCUT2D eigenvalue weighted by molar-refractivity contribution is -0.141. The molecule has 11 heteroatoms. The van der Waals surface area contributed by atoms with Crippen molar-refractivity contribution in [3.8, 4) is 11.9 Å². The van der Waals surface area contributed by atoms with E-state index in [0.717, 1.165) is 25.9 Å². The van der Waals surface area contributed by atoms with Crippen LogP contribution in [0.15, 0.2) is 6.07 Å². The number of hydrogen-bond acceptors (Lipinski definition) is 8. The average molecular weight is 495 g/mol. The van der Waals surface area contributed by atoms with Crippen molar-refractivity contribution in [2.24, 2.45) is 11.3 Å². The second-order valence-corrected chi connectivity index (χ2v) is 10.7. The van der Waals surface area contributed by atoms with Gasteiger partial charge in [0, 0.05) is 18.5 Å². The highest BCUT2D eigenvalue weighted by Gasteiger charge is 2.48. The summed E-state index contributed by atoms with van der Waals surface area (Å²) in [5.74, 6) is 0.841. The number of likely N-dealkylation sites (tertiary alicyclic amines) is 1. The maximum atomic E-state index is 12.5. The van der Waals surface area contributed by atoms with Crippen molar-refractivity contribution in [3.05, 3.63) is 11.1 Å². The van der Waals surface area contributed by atoms with Gasteiger partial charge in [0.05, 0.1) is 25.3 Å². The number of fused-ring (bicyclic) bond motifs is 2. The van der Waals surface area contributed by atoms with E-state index in [4.69, 9.17) is 30.5 Å². The zero-order valence-corrected chi connectivity index (χ0v) is 20.4. The summed E-state index contributed by atoms with van der Waals surface area (Å²) >= 11 is 6.41. The molecule has 34 heavy (non-hydrogen) atoms. The van der Waals surface area contributed by atoms with Gasteiger partial charge in [0.1, 0.15) is 23.3 Å². The van der Waals surface area contributed by atoms with Crippen LogP contribution < -0.4 is 9.47 Å². The molecule has 186 valence electrons. The molecule has 4 atom stereocenters. The molecule has 1 unspecified atom stereocenters. The van der Waals surface area contributed by atoms with Gasteiger partial charge in [0.15, 0.2) is 11.8 Å². The number of nitrogens with one attached hydrogen (secondary N) is 1. The molecule has 3 fully saturated rings. The Bertz CT molecular complexity index is 1050. The molecule has 3 saturated heterocycles. The Balaban J connectivity index is 1.18. The van der Waals surface area contributed by atoms with Crippen molar-refractivity contribution in [3.63, 3.8) is 0 Å². The van der Waals surface area contributed by atoms with Crippen LogP contribution in [0.25, 0.3) is 11.2 Å². The molecule has 10 nitrogen and oxygen atoms in total. The van der Waals surface area contributed by atoms with Crippen LogP contribution in [0.4, 0.5) is 0 Å². The quantitative estimate of drug-likeness (QED) is 0.649. The van der Waals surface area contributed by atoms with Gasteiger partial charge in [-0.25, -0.2) is 0 Å². The topological polar surface area (TPSA) is 119 Å². The number of carbonyl (C=O) groups is 1. The first-order chi connectivity index (χ1) is 16.2. The average Bonchev–Trinajstić information content (AvgIpc) is 3.48. The lowest BCUT2D eigenvalue weighted by atomic mass is 9.91. The number of aliphatic hydroxyl groups is 1. The summed E-state index contributed by atoms with van der Waals surface area (Å²) in [6, 6.07) is 2.00. The number of aliphatic hydroxyl groups excluding tert-OH is 1. The third kappa shape index (κ3) is 4.68. The van der Waals surface area contributed by atoms with Gasteiger partial charge in [0.25, 0.3) is 6.01 Å². The Labute approximate surface area is 202 Å². The summed E-state index contributed by atoms with van der Waals surface area (Å²) in [7, 11) is 0. The number of hydrogen-bond donors (Lipinski definition) is 2. The van der Waals surface area contributed by atoms with Crippen LogP contribution in [0.1, 0.15) is 33.6 Å². The molecule has 0 saturated carbocycles. The van der Waals surface area contributed by atoms with Crippen LogP contribution in [-0.2, 0) is 14.3 Å². The molecule has 0 bridgehead atoms. The highest BCUT2D eigenvalue weighted by atomic mass is 35.5. The van der Waals surface area contributed by atoms with E-state index in [9.17, 15) is 9.90 Å². The first-order valence-corrected chi connectivity index (χ1v) is 12.1. The highest BCUT2D eigenvalue weighted by Crippen LogP contribution is 2.32. The molecule has 2 aromatic rings. The summed E-state index contributed by atoms with van der Waals surface area (Å²) in [4.78, 5) is 26.4. The Morgan fingerprint density at radius 2 is 1.97 bits per heavy atom. The lowest BCUT2D eigenvalue weighted by Crippen LogP contribution is -2.44. The molecular weight excluding hydrogens is 464 g/mol. The number of ether oxygens (including phenoxy) is 4. The number of rotatable bonds is 5. The largest absolute Gasteiger partial charge is 0.476 e. The van der Waals surface area contributed by atoms with Gasteiger partial charge in [-0.3, -0.25) is 4.79 Å². The number of aromatic amines is 1. The summed E-state index contributed by atoms with van der Waals surface area (Å²) in [6.45, 7) is 8.34. The van der Waals surface area contributed by atoms with Gasteiger partial charge < -0.3 is 33.9 Å². The number of amides is 1. The molecule has 2 N–H and O–H groups in total. The number of nitrogens with zero attached hydrogens (tertiary/aromatic N) is 3. The number of piperidine rings is 1. The molecular formula is C23H31ClN4O6. The fraction of sp³-hybridized carbons (Fsp3) is 0.696. The monoisotopic (exact) mass is 494 g/mol. The Morgan fingerprint density at radius 3 is 2.71 bits per heavy atom. The van der Waals surface area contributed by atoms with E-state index in [1.807, 2.05) is 25.7 Å². The number of pyridine rings is 1. The van der Waals surface area contributed by atoms with Gasteiger partial charge in [-0.15, -0.1) is 0 Å². The zero-order chi connectivity index (χ0) is 24.0. The number of carbonyl (C=O) groups excluding carboxylic acids is 1. The van der Waals surface area contributed by atoms with Crippen LogP contribution in [0.2, 0.25) is 5.02 Å². The van der Waals surface area contributed by atoms with Crippen molar-refractivity contribution in [1.82, 2.24) is 19.9 Å². The van der Waals surface area contributed by atoms with E-state index in [2.05, 4.69) is 15.0 Å². The van der Waals surface area contributed by atoms with E-state index < -0.39 is 6.10 Å². The maximum Gasteiger partial charge on any atom is 0.296 e. The molecule has 0 aromatic carbocycles. The van der Waals surface area contributed by atoms with E-state index in [0.29, 0.717) is 41.2 Å². The van der Waals surface area contributed by atoms with E-state index in [1.165, 1.54) is 0 Å². The van der Waals surface area contributed by atoms with Crippen LogP contribution in [0, 0.1) is 11.3 Å². The zero-order valence-electron chi connectivity index (χ0n) is 19.6. The predicted octanol–water partition coefficient (Wildman–Crippen LogP) is 2.18. The third-order valence-corrected chi connectivity index (χ3v) is 6.89. The third-order valence-electron chi connectivity index (χ3n) is 6.62. The molecule has 3 aliphatic rings. The van der Waals surface area contributed by atoms with Crippen molar-refractivity contribution >= 4 is 28.7 Å².